The van der Waals surface area contributed by atoms with Gasteiger partial charge in [0.25, 0.3) is 0 Å². The van der Waals surface area contributed by atoms with Gasteiger partial charge in [-0.25, -0.2) is 4.79 Å². The lowest BCUT2D eigenvalue weighted by molar-refractivity contribution is -0.117. The summed E-state index contributed by atoms with van der Waals surface area (Å²) in [4.78, 5) is 26.4. The van der Waals surface area contributed by atoms with Gasteiger partial charge in [0.1, 0.15) is 4.88 Å². The van der Waals surface area contributed by atoms with Crippen LogP contribution in [0.2, 0.25) is 0 Å². The highest BCUT2D eigenvalue weighted by atomic mass is 32.1. The van der Waals surface area contributed by atoms with E-state index in [-0.39, 0.29) is 11.9 Å². The molecule has 0 aromatic carbocycles. The first kappa shape index (κ1) is 12.1. The molecule has 1 aromatic heterocycles. The molecule has 1 atom stereocenters. The van der Waals surface area contributed by atoms with E-state index < -0.39 is 5.97 Å². The van der Waals surface area contributed by atoms with Gasteiger partial charge in [0.2, 0.25) is 5.91 Å². The monoisotopic (exact) mass is 254 g/mol. The second kappa shape index (κ2) is 4.46. The van der Waals surface area contributed by atoms with Crippen molar-refractivity contribution in [1.29, 1.82) is 0 Å². The minimum Gasteiger partial charge on any atom is -0.465 e. The number of hydrogen-bond acceptors (Lipinski definition) is 5. The molecular weight excluding hydrogens is 240 g/mol. The summed E-state index contributed by atoms with van der Waals surface area (Å²) in [5.74, 6) is -0.452. The zero-order valence-electron chi connectivity index (χ0n) is 9.73. The second-order valence-corrected chi connectivity index (χ2v) is 5.29. The van der Waals surface area contributed by atoms with E-state index in [9.17, 15) is 9.59 Å². The molecule has 1 aliphatic rings. The van der Waals surface area contributed by atoms with Crippen LogP contribution in [0.4, 0.5) is 5.69 Å². The van der Waals surface area contributed by atoms with E-state index in [1.54, 1.807) is 4.90 Å². The van der Waals surface area contributed by atoms with Crippen LogP contribution in [0.3, 0.4) is 0 Å². The summed E-state index contributed by atoms with van der Waals surface area (Å²) < 4.78 is 4.71. The molecule has 0 saturated carbocycles. The molecule has 5 nitrogen and oxygen atoms in total. The predicted octanol–water partition coefficient (Wildman–Crippen LogP) is 0.907. The molecule has 0 spiro atoms. The number of carbonyl (C=O) groups excluding carboxylic acids is 2. The topological polar surface area (TPSA) is 72.6 Å². The van der Waals surface area contributed by atoms with Crippen molar-refractivity contribution < 1.29 is 14.3 Å². The number of nitrogens with two attached hydrogens (primary N) is 1. The Hall–Kier alpha value is -1.40. The summed E-state index contributed by atoms with van der Waals surface area (Å²) in [7, 11) is 1.33. The van der Waals surface area contributed by atoms with E-state index in [1.165, 1.54) is 18.4 Å². The van der Waals surface area contributed by atoms with E-state index >= 15 is 0 Å². The summed E-state index contributed by atoms with van der Waals surface area (Å²) in [5, 5.41) is 0. The normalized spacial score (nSPS) is 19.8. The van der Waals surface area contributed by atoms with Gasteiger partial charge in [-0.05, 0) is 13.0 Å². The molecule has 17 heavy (non-hydrogen) atoms. The Morgan fingerprint density at radius 3 is 2.88 bits per heavy atom. The van der Waals surface area contributed by atoms with Crippen LogP contribution in [-0.4, -0.2) is 31.6 Å². The van der Waals surface area contributed by atoms with Crippen LogP contribution in [0.25, 0.3) is 0 Å². The molecular formula is C11H14N2O3S. The minimum absolute atomic E-state index is 0.0412. The number of ether oxygens (including phenoxy) is 1. The number of rotatable bonds is 2. The molecule has 2 heterocycles. The quantitative estimate of drug-likeness (QED) is 0.796. The predicted molar refractivity (Wildman–Crippen MR) is 65.3 cm³/mol. The van der Waals surface area contributed by atoms with E-state index in [0.29, 0.717) is 23.5 Å². The lowest BCUT2D eigenvalue weighted by atomic mass is 10.3. The maximum absolute atomic E-state index is 11.8. The van der Waals surface area contributed by atoms with Crippen LogP contribution in [0, 0.1) is 6.92 Å². The van der Waals surface area contributed by atoms with Crippen molar-refractivity contribution in [2.45, 2.75) is 19.4 Å². The van der Waals surface area contributed by atoms with E-state index in [4.69, 9.17) is 10.5 Å². The first-order chi connectivity index (χ1) is 8.02. The Morgan fingerprint density at radius 2 is 2.35 bits per heavy atom. The Balaban J connectivity index is 2.38. The van der Waals surface area contributed by atoms with Crippen LogP contribution in [0.15, 0.2) is 6.07 Å². The largest absolute Gasteiger partial charge is 0.465 e. The van der Waals surface area contributed by atoms with Gasteiger partial charge in [0, 0.05) is 23.9 Å². The van der Waals surface area contributed by atoms with Crippen LogP contribution >= 0.6 is 11.3 Å². The van der Waals surface area contributed by atoms with Crippen LogP contribution < -0.4 is 10.6 Å². The maximum Gasteiger partial charge on any atom is 0.350 e. The molecule has 2 rings (SSSR count). The molecule has 0 radical (unpaired) electrons. The summed E-state index contributed by atoms with van der Waals surface area (Å²) in [6.07, 6.45) is 0.329. The molecule has 92 valence electrons. The van der Waals surface area contributed by atoms with Crippen molar-refractivity contribution in [3.05, 3.63) is 15.8 Å². The molecule has 1 amide bonds. The third-order valence-corrected chi connectivity index (χ3v) is 3.67. The minimum atomic E-state index is -0.411. The number of aryl methyl sites for hydroxylation is 1. The summed E-state index contributed by atoms with van der Waals surface area (Å²) in [5.41, 5.74) is 6.37. The standard InChI is InChI=1S/C11H14N2O3S/c1-6-3-8(10(17-6)11(15)16-2)13-5-7(12)4-9(13)14/h3,7H,4-5,12H2,1-2H3. The Morgan fingerprint density at radius 1 is 1.65 bits per heavy atom. The van der Waals surface area contributed by atoms with Gasteiger partial charge in [-0.15, -0.1) is 11.3 Å². The molecule has 1 fully saturated rings. The van der Waals surface area contributed by atoms with Gasteiger partial charge in [0.15, 0.2) is 0 Å². The summed E-state index contributed by atoms with van der Waals surface area (Å²) in [6.45, 7) is 2.35. The average Bonchev–Trinajstić information content (AvgIpc) is 2.80. The summed E-state index contributed by atoms with van der Waals surface area (Å²) in [6, 6.07) is 1.67. The number of methoxy groups -OCH3 is 1. The van der Waals surface area contributed by atoms with Crippen LogP contribution in [-0.2, 0) is 9.53 Å². The number of nitrogens with zero attached hydrogens (tertiary/aromatic N) is 1. The van der Waals surface area contributed by atoms with Gasteiger partial charge in [0.05, 0.1) is 12.8 Å². The fourth-order valence-electron chi connectivity index (χ4n) is 1.91. The van der Waals surface area contributed by atoms with Crippen molar-refractivity contribution in [3.63, 3.8) is 0 Å². The van der Waals surface area contributed by atoms with E-state index in [0.717, 1.165) is 4.88 Å². The van der Waals surface area contributed by atoms with E-state index in [2.05, 4.69) is 0 Å². The van der Waals surface area contributed by atoms with Gasteiger partial charge in [-0.3, -0.25) is 4.79 Å². The number of esters is 1. The highest BCUT2D eigenvalue weighted by Crippen LogP contribution is 2.32. The Kier molecular flexibility index (Phi) is 3.17. The first-order valence-corrected chi connectivity index (χ1v) is 6.09. The summed E-state index contributed by atoms with van der Waals surface area (Å²) >= 11 is 1.33. The van der Waals surface area contributed by atoms with Crippen molar-refractivity contribution >= 4 is 28.9 Å². The van der Waals surface area contributed by atoms with Crippen molar-refractivity contribution in [2.75, 3.05) is 18.6 Å². The highest BCUT2D eigenvalue weighted by molar-refractivity contribution is 7.14. The van der Waals surface area contributed by atoms with Gasteiger partial charge < -0.3 is 15.4 Å². The number of carbonyl (C=O) groups is 2. The van der Waals surface area contributed by atoms with Gasteiger partial charge >= 0.3 is 5.97 Å². The zero-order valence-corrected chi connectivity index (χ0v) is 10.5. The average molecular weight is 254 g/mol. The lowest BCUT2D eigenvalue weighted by Crippen LogP contribution is -2.28. The highest BCUT2D eigenvalue weighted by Gasteiger charge is 2.32. The lowest BCUT2D eigenvalue weighted by Gasteiger charge is -2.15. The smallest absolute Gasteiger partial charge is 0.350 e. The number of hydrogen-bond donors (Lipinski definition) is 1. The molecule has 2 N–H and O–H groups in total. The third kappa shape index (κ3) is 2.18. The van der Waals surface area contributed by atoms with Gasteiger partial charge in [-0.2, -0.15) is 0 Å². The molecule has 0 aliphatic carbocycles. The van der Waals surface area contributed by atoms with E-state index in [1.807, 2.05) is 13.0 Å². The second-order valence-electron chi connectivity index (χ2n) is 4.03. The van der Waals surface area contributed by atoms with Crippen molar-refractivity contribution in [2.24, 2.45) is 5.73 Å². The Labute approximate surface area is 103 Å². The molecule has 1 aromatic rings. The fraction of sp³-hybridized carbons (Fsp3) is 0.455. The maximum atomic E-state index is 11.8. The van der Waals surface area contributed by atoms with Crippen molar-refractivity contribution in [1.82, 2.24) is 0 Å². The van der Waals surface area contributed by atoms with Crippen molar-refractivity contribution in [3.8, 4) is 0 Å². The Bertz CT molecular complexity index is 469. The van der Waals surface area contributed by atoms with Crippen LogP contribution in [0.1, 0.15) is 21.0 Å². The fourth-order valence-corrected chi connectivity index (χ4v) is 2.84. The first-order valence-electron chi connectivity index (χ1n) is 5.27. The molecule has 0 bridgehead atoms. The zero-order chi connectivity index (χ0) is 12.6. The number of amides is 1. The molecule has 1 unspecified atom stereocenters. The molecule has 6 heteroatoms. The third-order valence-electron chi connectivity index (χ3n) is 2.65. The molecule has 1 aliphatic heterocycles. The molecule has 1 saturated heterocycles. The SMILES string of the molecule is COC(=O)c1sc(C)cc1N1CC(N)CC1=O. The number of anilines is 1. The van der Waals surface area contributed by atoms with Gasteiger partial charge in [-0.1, -0.05) is 0 Å². The number of thiophene rings is 1. The van der Waals surface area contributed by atoms with Crippen LogP contribution in [0.5, 0.6) is 0 Å².